The summed E-state index contributed by atoms with van der Waals surface area (Å²) in [7, 11) is 0. The molecule has 1 aromatic rings. The van der Waals surface area contributed by atoms with Crippen LogP contribution in [0, 0.1) is 0 Å². The maximum atomic E-state index is 5.77. The molecule has 0 atom stereocenters. The highest BCUT2D eigenvalue weighted by Crippen LogP contribution is 2.14. The summed E-state index contributed by atoms with van der Waals surface area (Å²) < 4.78 is 11.3. The Morgan fingerprint density at radius 2 is 1.81 bits per heavy atom. The molecule has 122 valence electrons. The van der Waals surface area contributed by atoms with Crippen LogP contribution in [0.5, 0.6) is 0 Å². The van der Waals surface area contributed by atoms with Crippen molar-refractivity contribution in [1.29, 1.82) is 0 Å². The van der Waals surface area contributed by atoms with E-state index in [1.807, 2.05) is 6.07 Å². The summed E-state index contributed by atoms with van der Waals surface area (Å²) in [5.41, 5.74) is 1.27. The van der Waals surface area contributed by atoms with Gasteiger partial charge in [0.2, 0.25) is 0 Å². The van der Waals surface area contributed by atoms with Gasteiger partial charge in [-0.25, -0.2) is 0 Å². The van der Waals surface area contributed by atoms with Crippen molar-refractivity contribution >= 4 is 0 Å². The van der Waals surface area contributed by atoms with Gasteiger partial charge in [0.25, 0.3) is 0 Å². The summed E-state index contributed by atoms with van der Waals surface area (Å²) >= 11 is 0. The van der Waals surface area contributed by atoms with Gasteiger partial charge in [0.05, 0.1) is 19.4 Å². The third-order valence-electron chi connectivity index (χ3n) is 3.52. The van der Waals surface area contributed by atoms with Crippen LogP contribution in [-0.2, 0) is 17.9 Å². The second-order valence-corrected chi connectivity index (χ2v) is 6.79. The van der Waals surface area contributed by atoms with Crippen LogP contribution in [0.1, 0.15) is 77.5 Å². The first-order valence-electron chi connectivity index (χ1n) is 8.41. The third kappa shape index (κ3) is 8.94. The predicted octanol–water partition coefficient (Wildman–Crippen LogP) is 5.04. The van der Waals surface area contributed by atoms with Crippen molar-refractivity contribution in [1.82, 2.24) is 5.32 Å². The minimum atomic E-state index is 0.101. The predicted molar refractivity (Wildman–Crippen MR) is 88.3 cm³/mol. The molecule has 1 heterocycles. The van der Waals surface area contributed by atoms with Crippen molar-refractivity contribution in [2.45, 2.75) is 84.9 Å². The van der Waals surface area contributed by atoms with E-state index in [0.717, 1.165) is 30.9 Å². The molecule has 1 rings (SSSR count). The molecule has 0 aromatic carbocycles. The standard InChI is InChI=1S/C18H33NO2/c1-5-6-7-8-9-10-12-20-15-16-11-13-21-17(16)14-19-18(2,3)4/h11,13,19H,5-10,12,14-15H2,1-4H3. The van der Waals surface area contributed by atoms with Crippen molar-refractivity contribution in [3.63, 3.8) is 0 Å². The van der Waals surface area contributed by atoms with Crippen LogP contribution >= 0.6 is 0 Å². The number of unbranched alkanes of at least 4 members (excludes halogenated alkanes) is 5. The topological polar surface area (TPSA) is 34.4 Å². The molecule has 0 aliphatic carbocycles. The lowest BCUT2D eigenvalue weighted by atomic mass is 10.1. The molecule has 1 N–H and O–H groups in total. The number of hydrogen-bond donors (Lipinski definition) is 1. The van der Waals surface area contributed by atoms with Gasteiger partial charge in [-0.2, -0.15) is 0 Å². The Balaban J connectivity index is 2.14. The van der Waals surface area contributed by atoms with Gasteiger partial charge >= 0.3 is 0 Å². The molecule has 0 aliphatic heterocycles. The van der Waals surface area contributed by atoms with E-state index in [0.29, 0.717) is 6.61 Å². The van der Waals surface area contributed by atoms with Crippen molar-refractivity contribution < 1.29 is 9.15 Å². The van der Waals surface area contributed by atoms with E-state index in [1.165, 1.54) is 32.1 Å². The van der Waals surface area contributed by atoms with Crippen LogP contribution in [0.25, 0.3) is 0 Å². The maximum Gasteiger partial charge on any atom is 0.123 e. The summed E-state index contributed by atoms with van der Waals surface area (Å²) in [6.07, 6.45) is 9.57. The molecular weight excluding hydrogens is 262 g/mol. The largest absolute Gasteiger partial charge is 0.468 e. The second-order valence-electron chi connectivity index (χ2n) is 6.79. The monoisotopic (exact) mass is 295 g/mol. The number of hydrogen-bond acceptors (Lipinski definition) is 3. The highest BCUT2D eigenvalue weighted by Gasteiger charge is 2.12. The van der Waals surface area contributed by atoms with E-state index in [-0.39, 0.29) is 5.54 Å². The van der Waals surface area contributed by atoms with Crippen LogP contribution in [0.3, 0.4) is 0 Å². The van der Waals surface area contributed by atoms with Gasteiger partial charge in [-0.05, 0) is 33.3 Å². The zero-order valence-electron chi connectivity index (χ0n) is 14.3. The molecule has 21 heavy (non-hydrogen) atoms. The number of ether oxygens (including phenoxy) is 1. The smallest absolute Gasteiger partial charge is 0.123 e. The Bertz CT molecular complexity index is 366. The fourth-order valence-electron chi connectivity index (χ4n) is 2.16. The van der Waals surface area contributed by atoms with E-state index >= 15 is 0 Å². The molecule has 0 spiro atoms. The van der Waals surface area contributed by atoms with Crippen molar-refractivity contribution in [2.75, 3.05) is 6.61 Å². The van der Waals surface area contributed by atoms with Crippen molar-refractivity contribution in [3.8, 4) is 0 Å². The lowest BCUT2D eigenvalue weighted by Gasteiger charge is -2.20. The first kappa shape index (κ1) is 18.2. The average Bonchev–Trinajstić information content (AvgIpc) is 2.86. The van der Waals surface area contributed by atoms with E-state index in [1.54, 1.807) is 6.26 Å². The number of furan rings is 1. The molecule has 0 saturated carbocycles. The molecule has 0 aliphatic rings. The van der Waals surface area contributed by atoms with Crippen LogP contribution in [0.2, 0.25) is 0 Å². The van der Waals surface area contributed by atoms with Crippen molar-refractivity contribution in [3.05, 3.63) is 23.7 Å². The number of nitrogens with one attached hydrogen (secondary N) is 1. The molecule has 0 bridgehead atoms. The molecule has 0 amide bonds. The number of rotatable bonds is 11. The first-order chi connectivity index (χ1) is 10.0. The van der Waals surface area contributed by atoms with Crippen LogP contribution in [-0.4, -0.2) is 12.1 Å². The second kappa shape index (κ2) is 10.0. The molecule has 3 heteroatoms. The third-order valence-corrected chi connectivity index (χ3v) is 3.52. The van der Waals surface area contributed by atoms with Gasteiger partial charge in [-0.15, -0.1) is 0 Å². The molecule has 0 fully saturated rings. The molecule has 0 unspecified atom stereocenters. The minimum Gasteiger partial charge on any atom is -0.468 e. The van der Waals surface area contributed by atoms with Crippen LogP contribution in [0.4, 0.5) is 0 Å². The Kier molecular flexibility index (Phi) is 8.70. The van der Waals surface area contributed by atoms with Gasteiger partial charge in [-0.1, -0.05) is 39.0 Å². The minimum absolute atomic E-state index is 0.101. The first-order valence-corrected chi connectivity index (χ1v) is 8.41. The van der Waals surface area contributed by atoms with Gasteiger partial charge < -0.3 is 14.5 Å². The quantitative estimate of drug-likeness (QED) is 0.580. The summed E-state index contributed by atoms with van der Waals surface area (Å²) in [6, 6.07) is 2.01. The lowest BCUT2D eigenvalue weighted by Crippen LogP contribution is -2.35. The van der Waals surface area contributed by atoms with E-state index < -0.39 is 0 Å². The van der Waals surface area contributed by atoms with Gasteiger partial charge in [0.1, 0.15) is 5.76 Å². The van der Waals surface area contributed by atoms with Gasteiger partial charge in [0.15, 0.2) is 0 Å². The summed E-state index contributed by atoms with van der Waals surface area (Å²) in [6.45, 7) is 11.0. The highest BCUT2D eigenvalue weighted by atomic mass is 16.5. The highest BCUT2D eigenvalue weighted by molar-refractivity contribution is 5.16. The Labute approximate surface area is 130 Å². The molecule has 1 aromatic heterocycles. The summed E-state index contributed by atoms with van der Waals surface area (Å²) in [5, 5.41) is 3.45. The van der Waals surface area contributed by atoms with E-state index in [9.17, 15) is 0 Å². The van der Waals surface area contributed by atoms with E-state index in [2.05, 4.69) is 33.0 Å². The lowest BCUT2D eigenvalue weighted by molar-refractivity contribution is 0.115. The Morgan fingerprint density at radius 1 is 1.10 bits per heavy atom. The fourth-order valence-corrected chi connectivity index (χ4v) is 2.16. The zero-order valence-corrected chi connectivity index (χ0v) is 14.3. The molecule has 0 radical (unpaired) electrons. The fraction of sp³-hybridized carbons (Fsp3) is 0.778. The Hall–Kier alpha value is -0.800. The summed E-state index contributed by atoms with van der Waals surface area (Å²) in [5.74, 6) is 0.993. The Morgan fingerprint density at radius 3 is 2.52 bits per heavy atom. The van der Waals surface area contributed by atoms with E-state index in [4.69, 9.17) is 9.15 Å². The molecule has 0 saturated heterocycles. The van der Waals surface area contributed by atoms with Gasteiger partial charge in [-0.3, -0.25) is 0 Å². The van der Waals surface area contributed by atoms with Crippen molar-refractivity contribution in [2.24, 2.45) is 0 Å². The van der Waals surface area contributed by atoms with Crippen LogP contribution < -0.4 is 5.32 Å². The van der Waals surface area contributed by atoms with Gasteiger partial charge in [0, 0.05) is 17.7 Å². The zero-order chi connectivity index (χ0) is 15.6. The molecular formula is C18H33NO2. The maximum absolute atomic E-state index is 5.77. The normalized spacial score (nSPS) is 12.0. The molecule has 3 nitrogen and oxygen atoms in total. The average molecular weight is 295 g/mol. The SMILES string of the molecule is CCCCCCCCOCc1ccoc1CNC(C)(C)C. The van der Waals surface area contributed by atoms with Crippen LogP contribution in [0.15, 0.2) is 16.7 Å². The summed E-state index contributed by atoms with van der Waals surface area (Å²) in [4.78, 5) is 0.